The lowest BCUT2D eigenvalue weighted by Gasteiger charge is -2.05. The van der Waals surface area contributed by atoms with E-state index in [1.807, 2.05) is 13.8 Å². The number of hydrogen-bond acceptors (Lipinski definition) is 3. The summed E-state index contributed by atoms with van der Waals surface area (Å²) in [5.41, 5.74) is 0.157. The summed E-state index contributed by atoms with van der Waals surface area (Å²) in [6.45, 7) is 5.83. The zero-order valence-electron chi connectivity index (χ0n) is 9.52. The molecule has 0 spiro atoms. The van der Waals surface area contributed by atoms with Crippen LogP contribution in [0.15, 0.2) is 6.07 Å². The van der Waals surface area contributed by atoms with Gasteiger partial charge in [-0.2, -0.15) is 5.10 Å². The third-order valence-electron chi connectivity index (χ3n) is 1.95. The number of nitrogens with one attached hydrogen (secondary N) is 1. The maximum Gasteiger partial charge on any atom is 0.354 e. The molecular weight excluding hydrogens is 210 g/mol. The van der Waals surface area contributed by atoms with Crippen LogP contribution in [-0.4, -0.2) is 32.8 Å². The van der Waals surface area contributed by atoms with Crippen LogP contribution >= 0.6 is 0 Å². The molecule has 1 aromatic rings. The van der Waals surface area contributed by atoms with E-state index >= 15 is 0 Å². The average molecular weight is 225 g/mol. The summed E-state index contributed by atoms with van der Waals surface area (Å²) < 4.78 is 1.29. The van der Waals surface area contributed by atoms with Crippen molar-refractivity contribution in [2.24, 2.45) is 0 Å². The maximum absolute atomic E-state index is 11.6. The van der Waals surface area contributed by atoms with E-state index in [-0.39, 0.29) is 23.3 Å². The van der Waals surface area contributed by atoms with Gasteiger partial charge in [-0.15, -0.1) is 0 Å². The highest BCUT2D eigenvalue weighted by Gasteiger charge is 2.17. The van der Waals surface area contributed by atoms with Crippen molar-refractivity contribution in [3.8, 4) is 0 Å². The monoisotopic (exact) mass is 225 g/mol. The number of nitrogens with zero attached hydrogens (tertiary/aromatic N) is 2. The molecule has 0 aliphatic heterocycles. The van der Waals surface area contributed by atoms with Crippen LogP contribution in [0, 0.1) is 0 Å². The Labute approximate surface area is 93.3 Å². The molecule has 1 amide bonds. The summed E-state index contributed by atoms with van der Waals surface area (Å²) >= 11 is 0. The van der Waals surface area contributed by atoms with E-state index in [1.165, 1.54) is 10.7 Å². The Hall–Kier alpha value is -1.85. The number of carbonyl (C=O) groups excluding carboxylic acids is 1. The second-order valence-corrected chi connectivity index (χ2v) is 3.66. The van der Waals surface area contributed by atoms with Crippen molar-refractivity contribution < 1.29 is 14.7 Å². The Bertz CT molecular complexity index is 409. The van der Waals surface area contributed by atoms with E-state index in [4.69, 9.17) is 5.11 Å². The quantitative estimate of drug-likeness (QED) is 0.791. The molecule has 1 aromatic heterocycles. The lowest BCUT2D eigenvalue weighted by atomic mass is 10.3. The molecule has 0 saturated heterocycles. The van der Waals surface area contributed by atoms with Gasteiger partial charge in [-0.05, 0) is 20.8 Å². The van der Waals surface area contributed by atoms with E-state index in [0.29, 0.717) is 6.54 Å². The standard InChI is InChI=1S/C10H15N3O3/c1-4-13-8(10(15)16)5-7(12-13)9(14)11-6(2)3/h5-6H,4H2,1-3H3,(H,11,14)(H,15,16). The van der Waals surface area contributed by atoms with Gasteiger partial charge in [-0.3, -0.25) is 9.48 Å². The molecule has 0 bridgehead atoms. The van der Waals surface area contributed by atoms with Crippen LogP contribution in [0.5, 0.6) is 0 Å². The molecule has 0 aliphatic carbocycles. The number of rotatable bonds is 4. The largest absolute Gasteiger partial charge is 0.477 e. The van der Waals surface area contributed by atoms with Crippen LogP contribution < -0.4 is 5.32 Å². The molecule has 88 valence electrons. The van der Waals surface area contributed by atoms with Crippen molar-refractivity contribution in [3.63, 3.8) is 0 Å². The predicted octanol–water partition coefficient (Wildman–Crippen LogP) is 0.739. The molecule has 0 atom stereocenters. The number of carboxylic acid groups (broad SMARTS) is 1. The van der Waals surface area contributed by atoms with Crippen molar-refractivity contribution in [2.75, 3.05) is 0 Å². The Morgan fingerprint density at radius 1 is 1.56 bits per heavy atom. The van der Waals surface area contributed by atoms with Crippen molar-refractivity contribution in [3.05, 3.63) is 17.5 Å². The van der Waals surface area contributed by atoms with E-state index in [0.717, 1.165) is 0 Å². The molecule has 0 saturated carbocycles. The minimum Gasteiger partial charge on any atom is -0.477 e. The molecule has 0 aliphatic rings. The molecule has 2 N–H and O–H groups in total. The second kappa shape index (κ2) is 4.78. The Morgan fingerprint density at radius 2 is 2.19 bits per heavy atom. The van der Waals surface area contributed by atoms with E-state index in [2.05, 4.69) is 10.4 Å². The summed E-state index contributed by atoms with van der Waals surface area (Å²) in [5.74, 6) is -1.44. The number of carbonyl (C=O) groups is 2. The highest BCUT2D eigenvalue weighted by Crippen LogP contribution is 2.05. The van der Waals surface area contributed by atoms with Gasteiger partial charge in [0.05, 0.1) is 0 Å². The minimum absolute atomic E-state index is 0.00689. The minimum atomic E-state index is -1.09. The lowest BCUT2D eigenvalue weighted by Crippen LogP contribution is -2.30. The highest BCUT2D eigenvalue weighted by atomic mass is 16.4. The summed E-state index contributed by atoms with van der Waals surface area (Å²) in [4.78, 5) is 22.4. The maximum atomic E-state index is 11.6. The van der Waals surface area contributed by atoms with Gasteiger partial charge in [0.2, 0.25) is 0 Å². The van der Waals surface area contributed by atoms with Gasteiger partial charge in [0.1, 0.15) is 5.69 Å². The van der Waals surface area contributed by atoms with Gasteiger partial charge in [0.25, 0.3) is 5.91 Å². The fourth-order valence-electron chi connectivity index (χ4n) is 1.28. The number of hydrogen-bond donors (Lipinski definition) is 2. The van der Waals surface area contributed by atoms with Crippen LogP contribution in [0.25, 0.3) is 0 Å². The third-order valence-corrected chi connectivity index (χ3v) is 1.95. The van der Waals surface area contributed by atoms with Gasteiger partial charge in [-0.1, -0.05) is 0 Å². The molecule has 1 heterocycles. The molecule has 0 aromatic carbocycles. The zero-order chi connectivity index (χ0) is 12.3. The first-order chi connectivity index (χ1) is 7.45. The highest BCUT2D eigenvalue weighted by molar-refractivity contribution is 5.95. The van der Waals surface area contributed by atoms with Crippen LogP contribution in [0.2, 0.25) is 0 Å². The SMILES string of the molecule is CCn1nc(C(=O)NC(C)C)cc1C(=O)O. The molecule has 1 rings (SSSR count). The van der Waals surface area contributed by atoms with Gasteiger partial charge in [-0.25, -0.2) is 4.79 Å². The molecule has 0 radical (unpaired) electrons. The zero-order valence-corrected chi connectivity index (χ0v) is 9.52. The molecule has 0 unspecified atom stereocenters. The van der Waals surface area contributed by atoms with Crippen molar-refractivity contribution >= 4 is 11.9 Å². The Kier molecular flexibility index (Phi) is 3.65. The van der Waals surface area contributed by atoms with Crippen molar-refractivity contribution in [1.82, 2.24) is 15.1 Å². The topological polar surface area (TPSA) is 84.2 Å². The summed E-state index contributed by atoms with van der Waals surface area (Å²) in [5, 5.41) is 15.5. The fourth-order valence-corrected chi connectivity index (χ4v) is 1.28. The van der Waals surface area contributed by atoms with Crippen molar-refractivity contribution in [2.45, 2.75) is 33.4 Å². The smallest absolute Gasteiger partial charge is 0.354 e. The van der Waals surface area contributed by atoms with Crippen LogP contribution in [0.1, 0.15) is 41.7 Å². The van der Waals surface area contributed by atoms with Crippen LogP contribution in [-0.2, 0) is 6.54 Å². The van der Waals surface area contributed by atoms with Crippen LogP contribution in [0.3, 0.4) is 0 Å². The first-order valence-corrected chi connectivity index (χ1v) is 5.07. The van der Waals surface area contributed by atoms with Gasteiger partial charge >= 0.3 is 5.97 Å². The molecule has 6 heteroatoms. The first kappa shape index (κ1) is 12.2. The van der Waals surface area contributed by atoms with Crippen molar-refractivity contribution in [1.29, 1.82) is 0 Å². The molecular formula is C10H15N3O3. The Morgan fingerprint density at radius 3 is 2.56 bits per heavy atom. The fraction of sp³-hybridized carbons (Fsp3) is 0.500. The number of carboxylic acids is 1. The summed E-state index contributed by atoms with van der Waals surface area (Å²) in [6, 6.07) is 1.27. The van der Waals surface area contributed by atoms with Gasteiger partial charge in [0.15, 0.2) is 5.69 Å². The number of aromatic nitrogens is 2. The molecule has 6 nitrogen and oxygen atoms in total. The first-order valence-electron chi connectivity index (χ1n) is 5.07. The number of aryl methyl sites for hydroxylation is 1. The predicted molar refractivity (Wildman–Crippen MR) is 57.5 cm³/mol. The molecule has 0 fully saturated rings. The summed E-state index contributed by atoms with van der Waals surface area (Å²) in [7, 11) is 0. The average Bonchev–Trinajstić information content (AvgIpc) is 2.60. The lowest BCUT2D eigenvalue weighted by molar-refractivity contribution is 0.0683. The summed E-state index contributed by atoms with van der Waals surface area (Å²) in [6.07, 6.45) is 0. The number of amides is 1. The van der Waals surface area contributed by atoms with E-state index in [1.54, 1.807) is 6.92 Å². The van der Waals surface area contributed by atoms with Gasteiger partial charge < -0.3 is 10.4 Å². The van der Waals surface area contributed by atoms with E-state index < -0.39 is 5.97 Å². The Balaban J connectivity index is 2.99. The normalized spacial score (nSPS) is 10.5. The van der Waals surface area contributed by atoms with Gasteiger partial charge in [0, 0.05) is 18.7 Å². The molecule has 16 heavy (non-hydrogen) atoms. The number of aromatic carboxylic acids is 1. The third kappa shape index (κ3) is 2.59. The second-order valence-electron chi connectivity index (χ2n) is 3.66. The van der Waals surface area contributed by atoms with Crippen LogP contribution in [0.4, 0.5) is 0 Å². The van der Waals surface area contributed by atoms with E-state index in [9.17, 15) is 9.59 Å².